The maximum Gasteiger partial charge on any atom is 0.226 e. The van der Waals surface area contributed by atoms with E-state index in [9.17, 15) is 0 Å². The van der Waals surface area contributed by atoms with E-state index in [1.165, 1.54) is 5.56 Å². The van der Waals surface area contributed by atoms with E-state index >= 15 is 0 Å². The number of nitriles is 1. The number of hydrogen-bond acceptors (Lipinski definition) is 4. The van der Waals surface area contributed by atoms with Crippen LogP contribution in [0, 0.1) is 18.3 Å². The SMILES string of the molecule is Cc1cccc(-c2nc(CN(C)CCC#N)co2)c1. The fourth-order valence-electron chi connectivity index (χ4n) is 1.89. The summed E-state index contributed by atoms with van der Waals surface area (Å²) in [7, 11) is 1.97. The van der Waals surface area contributed by atoms with Crippen LogP contribution in [0.1, 0.15) is 17.7 Å². The highest BCUT2D eigenvalue weighted by atomic mass is 16.3. The molecule has 98 valence electrons. The summed E-state index contributed by atoms with van der Waals surface area (Å²) in [4.78, 5) is 6.54. The first-order valence-electron chi connectivity index (χ1n) is 6.26. The van der Waals surface area contributed by atoms with Gasteiger partial charge in [0.15, 0.2) is 0 Å². The summed E-state index contributed by atoms with van der Waals surface area (Å²) < 4.78 is 5.51. The smallest absolute Gasteiger partial charge is 0.226 e. The molecule has 0 bridgehead atoms. The quantitative estimate of drug-likeness (QED) is 0.824. The van der Waals surface area contributed by atoms with Crippen molar-refractivity contribution in [2.45, 2.75) is 19.9 Å². The molecule has 2 aromatic rings. The summed E-state index contributed by atoms with van der Waals surface area (Å²) in [5.74, 6) is 0.646. The zero-order valence-corrected chi connectivity index (χ0v) is 11.3. The molecule has 0 saturated carbocycles. The molecule has 4 nitrogen and oxygen atoms in total. The van der Waals surface area contributed by atoms with Crippen molar-refractivity contribution in [2.75, 3.05) is 13.6 Å². The molecule has 0 aliphatic carbocycles. The van der Waals surface area contributed by atoms with Crippen molar-refractivity contribution in [3.63, 3.8) is 0 Å². The van der Waals surface area contributed by atoms with Crippen molar-refractivity contribution >= 4 is 0 Å². The van der Waals surface area contributed by atoms with Crippen LogP contribution in [-0.4, -0.2) is 23.5 Å². The molecular formula is C15H17N3O. The van der Waals surface area contributed by atoms with E-state index < -0.39 is 0 Å². The standard InChI is InChI=1S/C15H17N3O/c1-12-5-3-6-13(9-12)15-17-14(11-19-15)10-18(2)8-4-7-16/h3,5-6,9,11H,4,8,10H2,1-2H3. The Hall–Kier alpha value is -2.12. The molecule has 0 unspecified atom stereocenters. The number of aryl methyl sites for hydroxylation is 1. The minimum atomic E-state index is 0.527. The van der Waals surface area contributed by atoms with Crippen LogP contribution in [0.25, 0.3) is 11.5 Å². The van der Waals surface area contributed by atoms with E-state index in [0.29, 0.717) is 18.9 Å². The summed E-state index contributed by atoms with van der Waals surface area (Å²) in [6.45, 7) is 3.48. The Bertz CT molecular complexity index is 583. The van der Waals surface area contributed by atoms with Gasteiger partial charge >= 0.3 is 0 Å². The van der Waals surface area contributed by atoms with Gasteiger partial charge in [-0.3, -0.25) is 4.90 Å². The van der Waals surface area contributed by atoms with Gasteiger partial charge in [-0.05, 0) is 26.1 Å². The lowest BCUT2D eigenvalue weighted by atomic mass is 10.1. The molecule has 0 fully saturated rings. The van der Waals surface area contributed by atoms with E-state index in [-0.39, 0.29) is 0 Å². The van der Waals surface area contributed by atoms with E-state index in [2.05, 4.69) is 22.0 Å². The normalized spacial score (nSPS) is 10.6. The number of rotatable bonds is 5. The molecular weight excluding hydrogens is 238 g/mol. The zero-order chi connectivity index (χ0) is 13.7. The van der Waals surface area contributed by atoms with Crippen LogP contribution in [0.4, 0.5) is 0 Å². The van der Waals surface area contributed by atoms with E-state index in [1.54, 1.807) is 6.26 Å². The fraction of sp³-hybridized carbons (Fsp3) is 0.333. The van der Waals surface area contributed by atoms with Gasteiger partial charge in [0.2, 0.25) is 5.89 Å². The monoisotopic (exact) mass is 255 g/mol. The van der Waals surface area contributed by atoms with Crippen LogP contribution in [-0.2, 0) is 6.54 Å². The topological polar surface area (TPSA) is 53.1 Å². The molecule has 19 heavy (non-hydrogen) atoms. The molecule has 0 saturated heterocycles. The number of hydrogen-bond donors (Lipinski definition) is 0. The lowest BCUT2D eigenvalue weighted by Gasteiger charge is -2.11. The molecule has 1 aromatic carbocycles. The van der Waals surface area contributed by atoms with Gasteiger partial charge in [-0.2, -0.15) is 5.26 Å². The second-order valence-electron chi connectivity index (χ2n) is 4.66. The highest BCUT2D eigenvalue weighted by Gasteiger charge is 2.08. The number of oxazole rings is 1. The molecule has 1 aromatic heterocycles. The van der Waals surface area contributed by atoms with Crippen LogP contribution in [0.5, 0.6) is 0 Å². The lowest BCUT2D eigenvalue weighted by molar-refractivity contribution is 0.330. The van der Waals surface area contributed by atoms with Gasteiger partial charge in [-0.15, -0.1) is 0 Å². The minimum Gasteiger partial charge on any atom is -0.444 e. The highest BCUT2D eigenvalue weighted by molar-refractivity contribution is 5.54. The summed E-state index contributed by atoms with van der Waals surface area (Å²) >= 11 is 0. The molecule has 1 heterocycles. The number of aromatic nitrogens is 1. The first-order chi connectivity index (χ1) is 9.19. The minimum absolute atomic E-state index is 0.527. The molecule has 0 atom stereocenters. The van der Waals surface area contributed by atoms with Gasteiger partial charge in [-0.25, -0.2) is 4.98 Å². The van der Waals surface area contributed by atoms with Crippen molar-refractivity contribution < 1.29 is 4.42 Å². The Labute approximate surface area is 113 Å². The zero-order valence-electron chi connectivity index (χ0n) is 11.3. The first-order valence-corrected chi connectivity index (χ1v) is 6.26. The van der Waals surface area contributed by atoms with Gasteiger partial charge < -0.3 is 4.42 Å². The van der Waals surface area contributed by atoms with Crippen molar-refractivity contribution in [2.24, 2.45) is 0 Å². The third-order valence-corrected chi connectivity index (χ3v) is 2.85. The second-order valence-corrected chi connectivity index (χ2v) is 4.66. The van der Waals surface area contributed by atoms with Crippen LogP contribution >= 0.6 is 0 Å². The van der Waals surface area contributed by atoms with Crippen LogP contribution in [0.2, 0.25) is 0 Å². The molecule has 4 heteroatoms. The summed E-state index contributed by atoms with van der Waals surface area (Å²) in [5, 5.41) is 8.55. The van der Waals surface area contributed by atoms with Crippen molar-refractivity contribution in [3.05, 3.63) is 41.8 Å². The molecule has 0 aliphatic rings. The third kappa shape index (κ3) is 3.67. The molecule has 2 rings (SSSR count). The molecule has 0 radical (unpaired) electrons. The molecule has 0 amide bonds. The third-order valence-electron chi connectivity index (χ3n) is 2.85. The summed E-state index contributed by atoms with van der Waals surface area (Å²) in [6, 6.07) is 10.2. The van der Waals surface area contributed by atoms with Crippen molar-refractivity contribution in [1.29, 1.82) is 5.26 Å². The van der Waals surface area contributed by atoms with Gasteiger partial charge in [0, 0.05) is 25.1 Å². The van der Waals surface area contributed by atoms with Gasteiger partial charge in [0.25, 0.3) is 0 Å². The summed E-state index contributed by atoms with van der Waals surface area (Å²) in [6.07, 6.45) is 2.21. The van der Waals surface area contributed by atoms with Crippen molar-refractivity contribution in [3.8, 4) is 17.5 Å². The maximum absolute atomic E-state index is 8.55. The van der Waals surface area contributed by atoms with Crippen molar-refractivity contribution in [1.82, 2.24) is 9.88 Å². The predicted octanol–water partition coefficient (Wildman–Crippen LogP) is 3.00. The first kappa shape index (κ1) is 13.3. The van der Waals surface area contributed by atoms with E-state index in [4.69, 9.17) is 9.68 Å². The number of nitrogens with zero attached hydrogens (tertiary/aromatic N) is 3. The van der Waals surface area contributed by atoms with E-state index in [1.807, 2.05) is 32.2 Å². The Morgan fingerprint density at radius 1 is 1.42 bits per heavy atom. The lowest BCUT2D eigenvalue weighted by Crippen LogP contribution is -2.18. The van der Waals surface area contributed by atoms with Gasteiger partial charge in [0.05, 0.1) is 11.8 Å². The van der Waals surface area contributed by atoms with Gasteiger partial charge in [-0.1, -0.05) is 17.7 Å². The second kappa shape index (κ2) is 6.17. The Kier molecular flexibility index (Phi) is 4.32. The summed E-state index contributed by atoms with van der Waals surface area (Å²) in [5.41, 5.74) is 3.06. The average molecular weight is 255 g/mol. The van der Waals surface area contributed by atoms with Crippen LogP contribution in [0.3, 0.4) is 0 Å². The number of benzene rings is 1. The van der Waals surface area contributed by atoms with Gasteiger partial charge in [0.1, 0.15) is 6.26 Å². The maximum atomic E-state index is 8.55. The molecule has 0 aliphatic heterocycles. The Morgan fingerprint density at radius 2 is 2.26 bits per heavy atom. The van der Waals surface area contributed by atoms with Crippen LogP contribution in [0.15, 0.2) is 34.9 Å². The fourth-order valence-corrected chi connectivity index (χ4v) is 1.89. The van der Waals surface area contributed by atoms with Crippen LogP contribution < -0.4 is 0 Å². The molecule has 0 N–H and O–H groups in total. The Morgan fingerprint density at radius 3 is 3.00 bits per heavy atom. The van der Waals surface area contributed by atoms with E-state index in [0.717, 1.165) is 17.8 Å². The highest BCUT2D eigenvalue weighted by Crippen LogP contribution is 2.20. The molecule has 0 spiro atoms. The largest absolute Gasteiger partial charge is 0.444 e. The predicted molar refractivity (Wildman–Crippen MR) is 73.2 cm³/mol. The average Bonchev–Trinajstić information content (AvgIpc) is 2.85. The Balaban J connectivity index is 2.05.